The van der Waals surface area contributed by atoms with E-state index in [1.54, 1.807) is 18.2 Å². The number of halogens is 2. The third kappa shape index (κ3) is 1.83. The standard InChI is InChI=1S/C9H12F2N2/c1-9(12-2,8(10)11)7-5-3-4-6-13-7/h3-6,8,12H,1-2H3. The maximum atomic E-state index is 12.7. The number of alkyl halides is 2. The number of nitrogens with one attached hydrogen (secondary N) is 1. The van der Waals surface area contributed by atoms with Crippen molar-refractivity contribution >= 4 is 0 Å². The molecule has 72 valence electrons. The maximum Gasteiger partial charge on any atom is 0.261 e. The molecule has 1 rings (SSSR count). The lowest BCUT2D eigenvalue weighted by Crippen LogP contribution is -2.44. The Morgan fingerprint density at radius 1 is 1.46 bits per heavy atom. The number of aromatic nitrogens is 1. The molecule has 1 aromatic rings. The Balaban J connectivity index is 3.03. The molecule has 1 atom stereocenters. The van der Waals surface area contributed by atoms with Gasteiger partial charge in [-0.25, -0.2) is 8.78 Å². The Kier molecular flexibility index (Phi) is 2.93. The zero-order valence-electron chi connectivity index (χ0n) is 7.59. The van der Waals surface area contributed by atoms with Gasteiger partial charge < -0.3 is 5.32 Å². The van der Waals surface area contributed by atoms with E-state index in [0.717, 1.165) is 0 Å². The lowest BCUT2D eigenvalue weighted by Gasteiger charge is -2.27. The van der Waals surface area contributed by atoms with Gasteiger partial charge in [-0.15, -0.1) is 0 Å². The first-order chi connectivity index (χ1) is 6.11. The molecule has 4 heteroatoms. The molecule has 0 aliphatic carbocycles. The van der Waals surface area contributed by atoms with Crippen LogP contribution >= 0.6 is 0 Å². The van der Waals surface area contributed by atoms with Crippen LogP contribution in [0.2, 0.25) is 0 Å². The van der Waals surface area contributed by atoms with Gasteiger partial charge in [0.1, 0.15) is 5.54 Å². The van der Waals surface area contributed by atoms with Crippen molar-refractivity contribution < 1.29 is 8.78 Å². The van der Waals surface area contributed by atoms with Gasteiger partial charge in [0, 0.05) is 6.20 Å². The number of hydrogen-bond donors (Lipinski definition) is 1. The minimum absolute atomic E-state index is 0.354. The van der Waals surface area contributed by atoms with Gasteiger partial charge in [0.05, 0.1) is 5.69 Å². The molecule has 0 bridgehead atoms. The summed E-state index contributed by atoms with van der Waals surface area (Å²) in [7, 11) is 1.50. The number of nitrogens with zero attached hydrogens (tertiary/aromatic N) is 1. The normalized spacial score (nSPS) is 15.8. The maximum absolute atomic E-state index is 12.7. The van der Waals surface area contributed by atoms with E-state index in [1.165, 1.54) is 20.2 Å². The first-order valence-corrected chi connectivity index (χ1v) is 4.00. The summed E-state index contributed by atoms with van der Waals surface area (Å²) < 4.78 is 25.3. The van der Waals surface area contributed by atoms with Crippen LogP contribution in [0.15, 0.2) is 24.4 Å². The minimum atomic E-state index is -2.48. The fourth-order valence-electron chi connectivity index (χ4n) is 1.02. The summed E-state index contributed by atoms with van der Waals surface area (Å²) in [6.45, 7) is 1.43. The van der Waals surface area contributed by atoms with Crippen LogP contribution in [0.3, 0.4) is 0 Å². The third-order valence-corrected chi connectivity index (χ3v) is 2.15. The van der Waals surface area contributed by atoms with Gasteiger partial charge in [0.2, 0.25) is 0 Å². The summed E-state index contributed by atoms with van der Waals surface area (Å²) in [5.41, 5.74) is -1.01. The first kappa shape index (κ1) is 10.1. The van der Waals surface area contributed by atoms with Crippen LogP contribution < -0.4 is 5.32 Å². The lowest BCUT2D eigenvalue weighted by molar-refractivity contribution is 0.0407. The van der Waals surface area contributed by atoms with Gasteiger partial charge in [-0.05, 0) is 26.1 Å². The van der Waals surface area contributed by atoms with Crippen LogP contribution in [0, 0.1) is 0 Å². The molecule has 1 unspecified atom stereocenters. The van der Waals surface area contributed by atoms with Crippen LogP contribution in [0.5, 0.6) is 0 Å². The van der Waals surface area contributed by atoms with E-state index in [-0.39, 0.29) is 0 Å². The van der Waals surface area contributed by atoms with Gasteiger partial charge in [0.15, 0.2) is 0 Å². The molecule has 2 nitrogen and oxygen atoms in total. The fourth-order valence-corrected chi connectivity index (χ4v) is 1.02. The Hall–Kier alpha value is -1.03. The molecule has 0 saturated carbocycles. The highest BCUT2D eigenvalue weighted by atomic mass is 19.3. The molecule has 13 heavy (non-hydrogen) atoms. The van der Waals surface area contributed by atoms with Crippen LogP contribution in [0.25, 0.3) is 0 Å². The van der Waals surface area contributed by atoms with Crippen molar-refractivity contribution in [2.75, 3.05) is 7.05 Å². The summed E-state index contributed by atoms with van der Waals surface area (Å²) in [6, 6.07) is 4.98. The highest BCUT2D eigenvalue weighted by Gasteiger charge is 2.36. The second kappa shape index (κ2) is 3.79. The molecule has 0 aliphatic heterocycles. The van der Waals surface area contributed by atoms with Gasteiger partial charge in [-0.1, -0.05) is 6.07 Å². The topological polar surface area (TPSA) is 24.9 Å². The average molecular weight is 186 g/mol. The smallest absolute Gasteiger partial charge is 0.261 e. The molecule has 0 saturated heterocycles. The number of rotatable bonds is 3. The van der Waals surface area contributed by atoms with E-state index < -0.39 is 12.0 Å². The second-order valence-electron chi connectivity index (χ2n) is 2.97. The Labute approximate surface area is 76.0 Å². The zero-order valence-corrected chi connectivity index (χ0v) is 7.59. The van der Waals surface area contributed by atoms with Crippen molar-refractivity contribution in [1.29, 1.82) is 0 Å². The highest BCUT2D eigenvalue weighted by Crippen LogP contribution is 2.25. The largest absolute Gasteiger partial charge is 0.305 e. The summed E-state index contributed by atoms with van der Waals surface area (Å²) in [6.07, 6.45) is -0.972. The van der Waals surface area contributed by atoms with E-state index in [9.17, 15) is 8.78 Å². The number of pyridine rings is 1. The monoisotopic (exact) mass is 186 g/mol. The van der Waals surface area contributed by atoms with Crippen LogP contribution in [-0.2, 0) is 5.54 Å². The van der Waals surface area contributed by atoms with Crippen LogP contribution in [0.1, 0.15) is 12.6 Å². The zero-order chi connectivity index (χ0) is 9.90. The summed E-state index contributed by atoms with van der Waals surface area (Å²) in [5, 5.41) is 2.58. The first-order valence-electron chi connectivity index (χ1n) is 4.00. The highest BCUT2D eigenvalue weighted by molar-refractivity contribution is 5.15. The third-order valence-electron chi connectivity index (χ3n) is 2.15. The predicted molar refractivity (Wildman–Crippen MR) is 46.7 cm³/mol. The molecule has 1 heterocycles. The van der Waals surface area contributed by atoms with Gasteiger partial charge in [-0.3, -0.25) is 4.98 Å². The Bertz CT molecular complexity index is 264. The summed E-state index contributed by atoms with van der Waals surface area (Å²) >= 11 is 0. The van der Waals surface area contributed by atoms with Crippen molar-refractivity contribution in [1.82, 2.24) is 10.3 Å². The van der Waals surface area contributed by atoms with E-state index >= 15 is 0 Å². The van der Waals surface area contributed by atoms with Crippen LogP contribution in [-0.4, -0.2) is 18.5 Å². The van der Waals surface area contributed by atoms with E-state index in [4.69, 9.17) is 0 Å². The molecular weight excluding hydrogens is 174 g/mol. The van der Waals surface area contributed by atoms with Gasteiger partial charge in [0.25, 0.3) is 6.43 Å². The van der Waals surface area contributed by atoms with Crippen molar-refractivity contribution in [3.05, 3.63) is 30.1 Å². The fraction of sp³-hybridized carbons (Fsp3) is 0.444. The van der Waals surface area contributed by atoms with Crippen molar-refractivity contribution in [3.8, 4) is 0 Å². The molecule has 0 amide bonds. The molecule has 0 fully saturated rings. The average Bonchev–Trinajstić information content (AvgIpc) is 2.17. The molecule has 0 aromatic carbocycles. The van der Waals surface area contributed by atoms with Crippen molar-refractivity contribution in [2.45, 2.75) is 18.9 Å². The second-order valence-corrected chi connectivity index (χ2v) is 2.97. The van der Waals surface area contributed by atoms with Crippen molar-refractivity contribution in [3.63, 3.8) is 0 Å². The molecule has 1 aromatic heterocycles. The Morgan fingerprint density at radius 2 is 2.15 bits per heavy atom. The SMILES string of the molecule is CNC(C)(c1ccccn1)C(F)F. The van der Waals surface area contributed by atoms with Crippen molar-refractivity contribution in [2.24, 2.45) is 0 Å². The van der Waals surface area contributed by atoms with E-state index in [1.807, 2.05) is 0 Å². The van der Waals surface area contributed by atoms with E-state index in [2.05, 4.69) is 10.3 Å². The van der Waals surface area contributed by atoms with Gasteiger partial charge >= 0.3 is 0 Å². The number of hydrogen-bond acceptors (Lipinski definition) is 2. The van der Waals surface area contributed by atoms with E-state index in [0.29, 0.717) is 5.69 Å². The summed E-state index contributed by atoms with van der Waals surface area (Å²) in [4.78, 5) is 3.90. The minimum Gasteiger partial charge on any atom is -0.305 e. The predicted octanol–water partition coefficient (Wildman–Crippen LogP) is 1.78. The van der Waals surface area contributed by atoms with Gasteiger partial charge in [-0.2, -0.15) is 0 Å². The molecule has 1 N–H and O–H groups in total. The lowest BCUT2D eigenvalue weighted by atomic mass is 9.98. The van der Waals surface area contributed by atoms with Crippen LogP contribution in [0.4, 0.5) is 8.78 Å². The Morgan fingerprint density at radius 3 is 2.54 bits per heavy atom. The molecular formula is C9H12F2N2. The molecule has 0 aliphatic rings. The molecule has 0 spiro atoms. The summed E-state index contributed by atoms with van der Waals surface area (Å²) in [5.74, 6) is 0. The molecule has 0 radical (unpaired) electrons. The quantitative estimate of drug-likeness (QED) is 0.778.